The zero-order valence-electron chi connectivity index (χ0n) is 8.48. The Hall–Kier alpha value is -2.11. The summed E-state index contributed by atoms with van der Waals surface area (Å²) in [5.74, 6) is -1.36. The molecule has 0 unspecified atom stereocenters. The Labute approximate surface area is 94.9 Å². The first-order valence-electron chi connectivity index (χ1n) is 4.67. The third-order valence-corrected chi connectivity index (χ3v) is 2.01. The van der Waals surface area contributed by atoms with Crippen LogP contribution in [0.2, 0.25) is 0 Å². The minimum Gasteiger partial charge on any atom is -0.432 e. The molecule has 0 amide bonds. The minimum atomic E-state index is -3.07. The van der Waals surface area contributed by atoms with Gasteiger partial charge in [-0.3, -0.25) is 9.97 Å². The van der Waals surface area contributed by atoms with Gasteiger partial charge in [0.1, 0.15) is 0 Å². The van der Waals surface area contributed by atoms with E-state index in [2.05, 4.69) is 14.7 Å². The van der Waals surface area contributed by atoms with Gasteiger partial charge >= 0.3 is 6.61 Å². The van der Waals surface area contributed by atoms with Crippen molar-refractivity contribution >= 4 is 0 Å². The van der Waals surface area contributed by atoms with E-state index < -0.39 is 18.2 Å². The topological polar surface area (TPSA) is 35.0 Å². The number of nitrogens with zero attached hydrogens (tertiary/aromatic N) is 2. The zero-order chi connectivity index (χ0) is 12.3. The highest BCUT2D eigenvalue weighted by molar-refractivity contribution is 5.60. The monoisotopic (exact) mass is 240 g/mol. The summed E-state index contributed by atoms with van der Waals surface area (Å²) in [6, 6.07) is 3.62. The van der Waals surface area contributed by atoms with Crippen LogP contribution in [-0.4, -0.2) is 16.6 Å². The number of benzene rings is 1. The maximum absolute atomic E-state index is 13.2. The number of hydrogen-bond acceptors (Lipinski definition) is 3. The van der Waals surface area contributed by atoms with Crippen molar-refractivity contribution in [1.29, 1.82) is 0 Å². The van der Waals surface area contributed by atoms with E-state index >= 15 is 0 Å². The molecule has 0 spiro atoms. The first-order chi connectivity index (χ1) is 8.16. The van der Waals surface area contributed by atoms with Crippen molar-refractivity contribution in [3.05, 3.63) is 42.6 Å². The molecule has 3 nitrogen and oxygen atoms in total. The van der Waals surface area contributed by atoms with Crippen LogP contribution in [-0.2, 0) is 0 Å². The van der Waals surface area contributed by atoms with Gasteiger partial charge in [0.15, 0.2) is 11.6 Å². The Morgan fingerprint density at radius 3 is 2.65 bits per heavy atom. The predicted octanol–water partition coefficient (Wildman–Crippen LogP) is 2.88. The highest BCUT2D eigenvalue weighted by Gasteiger charge is 2.11. The van der Waals surface area contributed by atoms with Crippen molar-refractivity contribution in [2.45, 2.75) is 6.61 Å². The molecule has 0 saturated heterocycles. The molecule has 17 heavy (non-hydrogen) atoms. The SMILES string of the molecule is Fc1ccc(-c2cnccn2)cc1OC(F)F. The van der Waals surface area contributed by atoms with Crippen molar-refractivity contribution in [3.8, 4) is 17.0 Å². The standard InChI is InChI=1S/C11H7F3N2O/c12-8-2-1-7(5-10(8)17-11(13)14)9-6-15-3-4-16-9/h1-6,11H. The molecule has 88 valence electrons. The average Bonchev–Trinajstić information content (AvgIpc) is 2.32. The van der Waals surface area contributed by atoms with Gasteiger partial charge in [-0.15, -0.1) is 0 Å². The highest BCUT2D eigenvalue weighted by Crippen LogP contribution is 2.25. The van der Waals surface area contributed by atoms with Crippen molar-refractivity contribution in [2.24, 2.45) is 0 Å². The molecular weight excluding hydrogens is 233 g/mol. The number of rotatable bonds is 3. The van der Waals surface area contributed by atoms with Crippen molar-refractivity contribution in [3.63, 3.8) is 0 Å². The fraction of sp³-hybridized carbons (Fsp3) is 0.0909. The van der Waals surface area contributed by atoms with Gasteiger partial charge in [-0.05, 0) is 18.2 Å². The van der Waals surface area contributed by atoms with Gasteiger partial charge in [0.2, 0.25) is 0 Å². The number of alkyl halides is 2. The normalized spacial score (nSPS) is 10.6. The number of hydrogen-bond donors (Lipinski definition) is 0. The van der Waals surface area contributed by atoms with Gasteiger partial charge in [-0.25, -0.2) is 4.39 Å². The Morgan fingerprint density at radius 1 is 1.18 bits per heavy atom. The number of halogens is 3. The predicted molar refractivity (Wildman–Crippen MR) is 54.1 cm³/mol. The van der Waals surface area contributed by atoms with Crippen LogP contribution in [0, 0.1) is 5.82 Å². The Kier molecular flexibility index (Phi) is 3.22. The van der Waals surface area contributed by atoms with E-state index in [0.717, 1.165) is 12.1 Å². The molecule has 2 rings (SSSR count). The lowest BCUT2D eigenvalue weighted by atomic mass is 10.1. The fourth-order valence-electron chi connectivity index (χ4n) is 1.30. The summed E-state index contributed by atoms with van der Waals surface area (Å²) in [5.41, 5.74) is 0.904. The van der Waals surface area contributed by atoms with E-state index in [0.29, 0.717) is 11.3 Å². The summed E-state index contributed by atoms with van der Waals surface area (Å²) in [5, 5.41) is 0. The summed E-state index contributed by atoms with van der Waals surface area (Å²) in [7, 11) is 0. The molecule has 1 heterocycles. The smallest absolute Gasteiger partial charge is 0.387 e. The van der Waals surface area contributed by atoms with Crippen LogP contribution in [0.4, 0.5) is 13.2 Å². The second-order valence-electron chi connectivity index (χ2n) is 3.11. The van der Waals surface area contributed by atoms with Gasteiger partial charge in [-0.2, -0.15) is 8.78 Å². The van der Waals surface area contributed by atoms with Gasteiger partial charge in [-0.1, -0.05) is 0 Å². The molecule has 0 aliphatic rings. The molecule has 0 bridgehead atoms. The molecule has 0 aliphatic carbocycles. The minimum absolute atomic E-state index is 0.451. The van der Waals surface area contributed by atoms with Crippen molar-refractivity contribution in [2.75, 3.05) is 0 Å². The lowest BCUT2D eigenvalue weighted by Gasteiger charge is -2.07. The molecule has 0 fully saturated rings. The van der Waals surface area contributed by atoms with Crippen LogP contribution in [0.15, 0.2) is 36.8 Å². The summed E-state index contributed by atoms with van der Waals surface area (Å²) in [6.45, 7) is -3.07. The molecular formula is C11H7F3N2O. The molecule has 1 aromatic heterocycles. The quantitative estimate of drug-likeness (QED) is 0.827. The number of aromatic nitrogens is 2. The summed E-state index contributed by atoms with van der Waals surface area (Å²) in [4.78, 5) is 7.80. The molecule has 1 aromatic carbocycles. The summed E-state index contributed by atoms with van der Waals surface area (Å²) >= 11 is 0. The van der Waals surface area contributed by atoms with Crippen LogP contribution in [0.3, 0.4) is 0 Å². The molecule has 0 N–H and O–H groups in total. The molecule has 0 aliphatic heterocycles. The Morgan fingerprint density at radius 2 is 2.00 bits per heavy atom. The fourth-order valence-corrected chi connectivity index (χ4v) is 1.30. The van der Waals surface area contributed by atoms with Gasteiger partial charge in [0.05, 0.1) is 11.9 Å². The lowest BCUT2D eigenvalue weighted by molar-refractivity contribution is -0.0521. The van der Waals surface area contributed by atoms with Gasteiger partial charge < -0.3 is 4.74 Å². The third kappa shape index (κ3) is 2.72. The zero-order valence-corrected chi connectivity index (χ0v) is 8.48. The van der Waals surface area contributed by atoms with Crippen LogP contribution < -0.4 is 4.74 Å². The highest BCUT2D eigenvalue weighted by atomic mass is 19.3. The number of ether oxygens (including phenoxy) is 1. The maximum atomic E-state index is 13.2. The second kappa shape index (κ2) is 4.82. The molecule has 6 heteroatoms. The summed E-state index contributed by atoms with van der Waals surface area (Å²) in [6.07, 6.45) is 4.37. The van der Waals surface area contributed by atoms with E-state index in [1.165, 1.54) is 24.7 Å². The largest absolute Gasteiger partial charge is 0.432 e. The van der Waals surface area contributed by atoms with Crippen molar-refractivity contribution < 1.29 is 17.9 Å². The van der Waals surface area contributed by atoms with Crippen molar-refractivity contribution in [1.82, 2.24) is 9.97 Å². The van der Waals surface area contributed by atoms with Crippen LogP contribution >= 0.6 is 0 Å². The molecule has 0 atom stereocenters. The Balaban J connectivity index is 2.37. The van der Waals surface area contributed by atoms with E-state index in [-0.39, 0.29) is 0 Å². The first kappa shape index (κ1) is 11.4. The average molecular weight is 240 g/mol. The van der Waals surface area contributed by atoms with Crippen LogP contribution in [0.5, 0.6) is 5.75 Å². The lowest BCUT2D eigenvalue weighted by Crippen LogP contribution is -2.03. The van der Waals surface area contributed by atoms with E-state index in [4.69, 9.17) is 0 Å². The molecule has 0 saturated carbocycles. The van der Waals surface area contributed by atoms with Crippen LogP contribution in [0.1, 0.15) is 0 Å². The maximum Gasteiger partial charge on any atom is 0.387 e. The summed E-state index contributed by atoms with van der Waals surface area (Å²) < 4.78 is 41.2. The second-order valence-corrected chi connectivity index (χ2v) is 3.11. The first-order valence-corrected chi connectivity index (χ1v) is 4.67. The Bertz CT molecular complexity index is 505. The van der Waals surface area contributed by atoms with E-state index in [1.807, 2.05) is 0 Å². The van der Waals surface area contributed by atoms with Gasteiger partial charge in [0.25, 0.3) is 0 Å². The third-order valence-electron chi connectivity index (χ3n) is 2.01. The van der Waals surface area contributed by atoms with Crippen LogP contribution in [0.25, 0.3) is 11.3 Å². The molecule has 2 aromatic rings. The van der Waals surface area contributed by atoms with E-state index in [1.54, 1.807) is 0 Å². The van der Waals surface area contributed by atoms with E-state index in [9.17, 15) is 13.2 Å². The molecule has 0 radical (unpaired) electrons. The van der Waals surface area contributed by atoms with Gasteiger partial charge in [0, 0.05) is 18.0 Å².